The van der Waals surface area contributed by atoms with Gasteiger partial charge < -0.3 is 14.3 Å². The first-order valence-corrected chi connectivity index (χ1v) is 9.43. The van der Waals surface area contributed by atoms with Gasteiger partial charge in [-0.05, 0) is 18.6 Å². The van der Waals surface area contributed by atoms with Gasteiger partial charge in [-0.25, -0.2) is 4.98 Å². The molecule has 7 nitrogen and oxygen atoms in total. The van der Waals surface area contributed by atoms with Crippen LogP contribution in [-0.2, 0) is 24.1 Å². The molecule has 0 saturated carbocycles. The molecule has 0 aliphatic carbocycles. The molecule has 29 heavy (non-hydrogen) atoms. The van der Waals surface area contributed by atoms with Crippen LogP contribution in [0.25, 0.3) is 11.3 Å². The average Bonchev–Trinajstić information content (AvgIpc) is 3.39. The number of anilines is 1. The van der Waals surface area contributed by atoms with Crippen LogP contribution < -0.4 is 5.32 Å². The number of amides is 1. The summed E-state index contributed by atoms with van der Waals surface area (Å²) in [5.74, 6) is 2.12. The van der Waals surface area contributed by atoms with Crippen molar-refractivity contribution in [3.8, 4) is 11.3 Å². The number of aromatic nitrogens is 3. The lowest BCUT2D eigenvalue weighted by Gasteiger charge is -2.01. The van der Waals surface area contributed by atoms with E-state index in [0.717, 1.165) is 23.4 Å². The number of benzene rings is 2. The number of carbonyl (C=O) groups is 1. The van der Waals surface area contributed by atoms with E-state index in [4.69, 9.17) is 8.94 Å². The highest BCUT2D eigenvalue weighted by atomic mass is 16.5. The van der Waals surface area contributed by atoms with Crippen molar-refractivity contribution in [1.82, 2.24) is 15.1 Å². The second-order valence-corrected chi connectivity index (χ2v) is 6.53. The monoisotopic (exact) mass is 388 g/mol. The van der Waals surface area contributed by atoms with E-state index in [-0.39, 0.29) is 12.3 Å². The lowest BCUT2D eigenvalue weighted by atomic mass is 10.2. The van der Waals surface area contributed by atoms with Crippen LogP contribution >= 0.6 is 0 Å². The molecule has 0 saturated heterocycles. The van der Waals surface area contributed by atoms with E-state index in [1.807, 2.05) is 60.7 Å². The Hall–Kier alpha value is -3.74. The van der Waals surface area contributed by atoms with Crippen LogP contribution in [0.4, 0.5) is 5.69 Å². The SMILES string of the molecule is O=C(Cc1noc(CCCc2ncc(-c3ccccc3)o2)n1)Nc1ccccc1. The molecule has 4 aromatic rings. The van der Waals surface area contributed by atoms with Gasteiger partial charge in [0.05, 0.1) is 12.6 Å². The van der Waals surface area contributed by atoms with Crippen LogP contribution in [0.5, 0.6) is 0 Å². The zero-order chi connectivity index (χ0) is 19.9. The van der Waals surface area contributed by atoms with E-state index in [9.17, 15) is 4.79 Å². The second-order valence-electron chi connectivity index (χ2n) is 6.53. The fourth-order valence-electron chi connectivity index (χ4n) is 2.89. The Labute approximate surface area is 167 Å². The molecule has 0 radical (unpaired) electrons. The molecule has 2 aromatic heterocycles. The zero-order valence-corrected chi connectivity index (χ0v) is 15.7. The molecule has 1 N–H and O–H groups in total. The Morgan fingerprint density at radius 1 is 0.931 bits per heavy atom. The number of nitrogens with zero attached hydrogens (tertiary/aromatic N) is 3. The second kappa shape index (κ2) is 8.97. The van der Waals surface area contributed by atoms with Gasteiger partial charge in [0, 0.05) is 24.1 Å². The van der Waals surface area contributed by atoms with Gasteiger partial charge in [0.2, 0.25) is 11.8 Å². The molecule has 7 heteroatoms. The van der Waals surface area contributed by atoms with E-state index in [1.165, 1.54) is 0 Å². The Morgan fingerprint density at radius 3 is 2.45 bits per heavy atom. The van der Waals surface area contributed by atoms with Gasteiger partial charge in [0.15, 0.2) is 17.5 Å². The van der Waals surface area contributed by atoms with Crippen LogP contribution in [-0.4, -0.2) is 21.0 Å². The predicted octanol–water partition coefficient (Wildman–Crippen LogP) is 4.08. The van der Waals surface area contributed by atoms with Crippen molar-refractivity contribution in [2.45, 2.75) is 25.7 Å². The highest BCUT2D eigenvalue weighted by molar-refractivity contribution is 5.91. The molecule has 0 unspecified atom stereocenters. The van der Waals surface area contributed by atoms with Crippen LogP contribution in [0, 0.1) is 0 Å². The van der Waals surface area contributed by atoms with Gasteiger partial charge in [-0.15, -0.1) is 0 Å². The molecule has 0 aliphatic heterocycles. The number of oxazole rings is 1. The zero-order valence-electron chi connectivity index (χ0n) is 15.7. The summed E-state index contributed by atoms with van der Waals surface area (Å²) in [6, 6.07) is 19.1. The minimum absolute atomic E-state index is 0.0680. The van der Waals surface area contributed by atoms with E-state index in [0.29, 0.717) is 30.4 Å². The first-order chi connectivity index (χ1) is 14.3. The molecule has 0 atom stereocenters. The number of hydrogen-bond donors (Lipinski definition) is 1. The summed E-state index contributed by atoms with van der Waals surface area (Å²) in [7, 11) is 0. The molecule has 0 bridgehead atoms. The van der Waals surface area contributed by atoms with Crippen molar-refractivity contribution in [3.05, 3.63) is 84.5 Å². The third-order valence-electron chi connectivity index (χ3n) is 4.28. The van der Waals surface area contributed by atoms with Crippen molar-refractivity contribution >= 4 is 11.6 Å². The third-order valence-corrected chi connectivity index (χ3v) is 4.28. The van der Waals surface area contributed by atoms with Crippen molar-refractivity contribution in [1.29, 1.82) is 0 Å². The summed E-state index contributed by atoms with van der Waals surface area (Å²) in [6.07, 6.45) is 3.82. The molecule has 146 valence electrons. The van der Waals surface area contributed by atoms with Crippen LogP contribution in [0.15, 0.2) is 75.8 Å². The van der Waals surface area contributed by atoms with Gasteiger partial charge >= 0.3 is 0 Å². The summed E-state index contributed by atoms with van der Waals surface area (Å²) < 4.78 is 11.0. The molecular weight excluding hydrogens is 368 g/mol. The molecule has 2 heterocycles. The Balaban J connectivity index is 1.25. The van der Waals surface area contributed by atoms with Crippen LogP contribution in [0.2, 0.25) is 0 Å². The maximum Gasteiger partial charge on any atom is 0.232 e. The van der Waals surface area contributed by atoms with Crippen LogP contribution in [0.1, 0.15) is 24.0 Å². The van der Waals surface area contributed by atoms with E-state index < -0.39 is 0 Å². The maximum absolute atomic E-state index is 12.1. The van der Waals surface area contributed by atoms with E-state index in [1.54, 1.807) is 6.20 Å². The first kappa shape index (κ1) is 18.6. The van der Waals surface area contributed by atoms with Gasteiger partial charge in [-0.1, -0.05) is 53.7 Å². The summed E-state index contributed by atoms with van der Waals surface area (Å²) in [4.78, 5) is 20.7. The molecule has 0 aliphatic rings. The molecule has 0 fully saturated rings. The van der Waals surface area contributed by atoms with Gasteiger partial charge in [0.1, 0.15) is 0 Å². The fraction of sp³-hybridized carbons (Fsp3) is 0.182. The Morgan fingerprint density at radius 2 is 1.66 bits per heavy atom. The summed E-state index contributed by atoms with van der Waals surface area (Å²) in [5, 5.41) is 6.68. The normalized spacial score (nSPS) is 10.8. The molecular formula is C22H20N4O3. The van der Waals surface area contributed by atoms with Crippen molar-refractivity contribution in [3.63, 3.8) is 0 Å². The smallest absolute Gasteiger partial charge is 0.232 e. The van der Waals surface area contributed by atoms with Crippen molar-refractivity contribution in [2.75, 3.05) is 5.32 Å². The lowest BCUT2D eigenvalue weighted by Crippen LogP contribution is -2.15. The highest BCUT2D eigenvalue weighted by Crippen LogP contribution is 2.20. The minimum atomic E-state index is -0.184. The molecule has 1 amide bonds. The number of para-hydroxylation sites is 1. The highest BCUT2D eigenvalue weighted by Gasteiger charge is 2.12. The number of nitrogens with one attached hydrogen (secondary N) is 1. The van der Waals surface area contributed by atoms with E-state index >= 15 is 0 Å². The topological polar surface area (TPSA) is 94.0 Å². The first-order valence-electron chi connectivity index (χ1n) is 9.43. The number of aryl methyl sites for hydroxylation is 2. The lowest BCUT2D eigenvalue weighted by molar-refractivity contribution is -0.115. The van der Waals surface area contributed by atoms with Crippen molar-refractivity contribution < 1.29 is 13.7 Å². The molecule has 2 aromatic carbocycles. The Bertz CT molecular complexity index is 1060. The minimum Gasteiger partial charge on any atom is -0.441 e. The van der Waals surface area contributed by atoms with Crippen LogP contribution in [0.3, 0.4) is 0 Å². The fourth-order valence-corrected chi connectivity index (χ4v) is 2.89. The largest absolute Gasteiger partial charge is 0.441 e. The van der Waals surface area contributed by atoms with Gasteiger partial charge in [-0.3, -0.25) is 4.79 Å². The number of hydrogen-bond acceptors (Lipinski definition) is 6. The number of carbonyl (C=O) groups excluding carboxylic acids is 1. The van der Waals surface area contributed by atoms with E-state index in [2.05, 4.69) is 20.4 Å². The quantitative estimate of drug-likeness (QED) is 0.489. The summed E-state index contributed by atoms with van der Waals surface area (Å²) >= 11 is 0. The number of rotatable bonds is 8. The average molecular weight is 388 g/mol. The molecule has 4 rings (SSSR count). The predicted molar refractivity (Wildman–Crippen MR) is 107 cm³/mol. The van der Waals surface area contributed by atoms with Gasteiger partial charge in [0.25, 0.3) is 0 Å². The maximum atomic E-state index is 12.1. The Kier molecular flexibility index (Phi) is 5.76. The summed E-state index contributed by atoms with van der Waals surface area (Å²) in [6.45, 7) is 0. The summed E-state index contributed by atoms with van der Waals surface area (Å²) in [5.41, 5.74) is 1.74. The molecule has 0 spiro atoms. The third kappa shape index (κ3) is 5.16. The standard InChI is InChI=1S/C22H20N4O3/c27-20(24-17-10-5-2-6-11-17)14-19-25-22(29-26-19)13-7-12-21-23-15-18(28-21)16-8-3-1-4-9-16/h1-6,8-11,15H,7,12-14H2,(H,24,27). The van der Waals surface area contributed by atoms with Crippen molar-refractivity contribution in [2.24, 2.45) is 0 Å². The van der Waals surface area contributed by atoms with Gasteiger partial charge in [-0.2, -0.15) is 4.98 Å².